The molecule has 0 saturated carbocycles. The molecule has 0 radical (unpaired) electrons. The zero-order valence-corrected chi connectivity index (χ0v) is 21.1. The highest BCUT2D eigenvalue weighted by atomic mass is 79.9. The van der Waals surface area contributed by atoms with Gasteiger partial charge in [0.2, 0.25) is 0 Å². The van der Waals surface area contributed by atoms with Crippen molar-refractivity contribution in [3.05, 3.63) is 104 Å². The van der Waals surface area contributed by atoms with E-state index < -0.39 is 17.8 Å². The predicted molar refractivity (Wildman–Crippen MR) is 138 cm³/mol. The van der Waals surface area contributed by atoms with E-state index in [9.17, 15) is 14.4 Å². The van der Waals surface area contributed by atoms with Crippen molar-refractivity contribution in [2.75, 3.05) is 4.90 Å². The highest BCUT2D eigenvalue weighted by Gasteiger charge is 2.36. The van der Waals surface area contributed by atoms with Gasteiger partial charge in [-0.05, 0) is 86.2 Å². The van der Waals surface area contributed by atoms with Crippen molar-refractivity contribution in [1.29, 1.82) is 0 Å². The summed E-state index contributed by atoms with van der Waals surface area (Å²) in [6, 6.07) is 16.8. The first kappa shape index (κ1) is 23.6. The zero-order chi connectivity index (χ0) is 24.6. The van der Waals surface area contributed by atoms with Gasteiger partial charge in [-0.1, -0.05) is 63.5 Å². The Bertz CT molecular complexity index is 1350. The van der Waals surface area contributed by atoms with Crippen LogP contribution in [0.1, 0.15) is 38.9 Å². The van der Waals surface area contributed by atoms with Crippen LogP contribution in [0.2, 0.25) is 0 Å². The van der Waals surface area contributed by atoms with E-state index in [2.05, 4.69) is 53.3 Å². The third-order valence-corrected chi connectivity index (χ3v) is 6.65. The van der Waals surface area contributed by atoms with Gasteiger partial charge in [0.05, 0.1) is 5.69 Å². The first-order valence-corrected chi connectivity index (χ1v) is 11.8. The van der Waals surface area contributed by atoms with Gasteiger partial charge in [-0.25, -0.2) is 9.69 Å². The molecule has 34 heavy (non-hydrogen) atoms. The predicted octanol–water partition coefficient (Wildman–Crippen LogP) is 5.94. The lowest BCUT2D eigenvalue weighted by Gasteiger charge is -2.26. The summed E-state index contributed by atoms with van der Waals surface area (Å²) in [6.07, 6.45) is 2.28. The minimum atomic E-state index is -0.750. The number of anilines is 1. The first-order chi connectivity index (χ1) is 16.1. The molecule has 3 aromatic carbocycles. The number of aryl methyl sites for hydroxylation is 4. The summed E-state index contributed by atoms with van der Waals surface area (Å²) < 4.78 is 0.881. The van der Waals surface area contributed by atoms with Crippen molar-refractivity contribution in [2.24, 2.45) is 0 Å². The summed E-state index contributed by atoms with van der Waals surface area (Å²) in [4.78, 5) is 39.2. The van der Waals surface area contributed by atoms with Crippen LogP contribution in [0.25, 0.3) is 6.08 Å². The Morgan fingerprint density at radius 1 is 0.853 bits per heavy atom. The van der Waals surface area contributed by atoms with Gasteiger partial charge in [0, 0.05) is 4.47 Å². The van der Waals surface area contributed by atoms with Gasteiger partial charge in [-0.2, -0.15) is 0 Å². The van der Waals surface area contributed by atoms with E-state index in [1.54, 1.807) is 12.1 Å². The van der Waals surface area contributed by atoms with E-state index in [0.717, 1.165) is 32.5 Å². The SMILES string of the molecule is Cc1cc(C)cc(Cc2ccc(/C=C3\C(=O)NC(=O)N(c4ccc(C)c(C)c4)C3=O)cc2Br)c1. The summed E-state index contributed by atoms with van der Waals surface area (Å²) in [5.74, 6) is -1.35. The average molecular weight is 517 g/mol. The van der Waals surface area contributed by atoms with Crippen molar-refractivity contribution in [3.8, 4) is 0 Å². The number of amides is 4. The number of carbonyl (C=O) groups excluding carboxylic acids is 3. The fourth-order valence-corrected chi connectivity index (χ4v) is 4.65. The van der Waals surface area contributed by atoms with Crippen LogP contribution >= 0.6 is 15.9 Å². The Labute approximate surface area is 207 Å². The molecule has 1 heterocycles. The van der Waals surface area contributed by atoms with Crippen LogP contribution < -0.4 is 10.2 Å². The molecule has 1 aliphatic heterocycles. The number of halogens is 1. The van der Waals surface area contributed by atoms with E-state index in [1.807, 2.05) is 38.1 Å². The number of hydrogen-bond donors (Lipinski definition) is 1. The molecular weight excluding hydrogens is 492 g/mol. The molecule has 0 aliphatic carbocycles. The molecule has 4 rings (SSSR count). The lowest BCUT2D eigenvalue weighted by Crippen LogP contribution is -2.54. The van der Waals surface area contributed by atoms with Gasteiger partial charge in [-0.3, -0.25) is 14.9 Å². The van der Waals surface area contributed by atoms with Crippen LogP contribution in [0.15, 0.2) is 64.6 Å². The van der Waals surface area contributed by atoms with Gasteiger partial charge in [-0.15, -0.1) is 0 Å². The monoisotopic (exact) mass is 516 g/mol. The Morgan fingerprint density at radius 3 is 2.21 bits per heavy atom. The number of hydrogen-bond acceptors (Lipinski definition) is 3. The number of benzene rings is 3. The van der Waals surface area contributed by atoms with Gasteiger partial charge in [0.1, 0.15) is 5.57 Å². The Morgan fingerprint density at radius 2 is 1.56 bits per heavy atom. The smallest absolute Gasteiger partial charge is 0.273 e. The molecule has 0 bridgehead atoms. The van der Waals surface area contributed by atoms with Gasteiger partial charge < -0.3 is 0 Å². The fraction of sp³-hybridized carbons (Fsp3) is 0.179. The van der Waals surface area contributed by atoms with Crippen LogP contribution in [0.3, 0.4) is 0 Å². The number of rotatable bonds is 4. The van der Waals surface area contributed by atoms with Crippen molar-refractivity contribution < 1.29 is 14.4 Å². The highest BCUT2D eigenvalue weighted by Crippen LogP contribution is 2.27. The molecular formula is C28H25BrN2O3. The molecule has 0 unspecified atom stereocenters. The molecule has 1 fully saturated rings. The third kappa shape index (κ3) is 4.87. The van der Waals surface area contributed by atoms with Crippen LogP contribution in [0.5, 0.6) is 0 Å². The number of urea groups is 1. The maximum Gasteiger partial charge on any atom is 0.335 e. The number of barbiturate groups is 1. The maximum atomic E-state index is 13.2. The Kier molecular flexibility index (Phi) is 6.53. The summed E-state index contributed by atoms with van der Waals surface area (Å²) in [5.41, 5.74) is 7.77. The molecule has 0 atom stereocenters. The zero-order valence-electron chi connectivity index (χ0n) is 19.5. The van der Waals surface area contributed by atoms with Gasteiger partial charge >= 0.3 is 6.03 Å². The standard InChI is InChI=1S/C28H25BrN2O3/c1-16-9-17(2)11-21(10-16)13-22-7-6-20(15-25(22)29)14-24-26(32)30-28(34)31(27(24)33)23-8-5-18(3)19(4)12-23/h5-12,14-15H,13H2,1-4H3,(H,30,32,34)/b24-14+. The Hall–Kier alpha value is -3.51. The molecule has 0 spiro atoms. The van der Waals surface area contributed by atoms with Crippen LogP contribution in [-0.2, 0) is 16.0 Å². The molecule has 4 amide bonds. The fourth-order valence-electron chi connectivity index (χ4n) is 4.11. The number of nitrogens with zero attached hydrogens (tertiary/aromatic N) is 1. The van der Waals surface area contributed by atoms with E-state index in [0.29, 0.717) is 11.3 Å². The van der Waals surface area contributed by atoms with Crippen molar-refractivity contribution in [1.82, 2.24) is 5.32 Å². The lowest BCUT2D eigenvalue weighted by atomic mass is 9.99. The second-order valence-electron chi connectivity index (χ2n) is 8.75. The summed E-state index contributed by atoms with van der Waals surface area (Å²) in [7, 11) is 0. The first-order valence-electron chi connectivity index (χ1n) is 11.0. The summed E-state index contributed by atoms with van der Waals surface area (Å²) >= 11 is 3.63. The van der Waals surface area contributed by atoms with Crippen molar-refractivity contribution in [3.63, 3.8) is 0 Å². The molecule has 6 heteroatoms. The highest BCUT2D eigenvalue weighted by molar-refractivity contribution is 9.10. The van der Waals surface area contributed by atoms with Gasteiger partial charge in [0.25, 0.3) is 11.8 Å². The largest absolute Gasteiger partial charge is 0.335 e. The minimum absolute atomic E-state index is 0.0909. The maximum absolute atomic E-state index is 13.2. The molecule has 1 N–H and O–H groups in total. The summed E-state index contributed by atoms with van der Waals surface area (Å²) in [5, 5.41) is 2.28. The second-order valence-corrected chi connectivity index (χ2v) is 9.60. The van der Waals surface area contributed by atoms with Crippen LogP contribution in [0, 0.1) is 27.7 Å². The summed E-state index contributed by atoms with van der Waals surface area (Å²) in [6.45, 7) is 8.02. The average Bonchev–Trinajstić information content (AvgIpc) is 2.74. The number of imide groups is 2. The van der Waals surface area contributed by atoms with Gasteiger partial charge in [0.15, 0.2) is 0 Å². The molecule has 1 aliphatic rings. The molecule has 5 nitrogen and oxygen atoms in total. The van der Waals surface area contributed by atoms with E-state index in [1.165, 1.54) is 22.8 Å². The van der Waals surface area contributed by atoms with E-state index in [-0.39, 0.29) is 5.57 Å². The molecule has 3 aromatic rings. The third-order valence-electron chi connectivity index (χ3n) is 5.91. The van der Waals surface area contributed by atoms with Crippen LogP contribution in [0.4, 0.5) is 10.5 Å². The molecule has 0 aromatic heterocycles. The van der Waals surface area contributed by atoms with Crippen LogP contribution in [-0.4, -0.2) is 17.8 Å². The molecule has 1 saturated heterocycles. The normalized spacial score (nSPS) is 15.1. The lowest BCUT2D eigenvalue weighted by molar-refractivity contribution is -0.122. The second kappa shape index (κ2) is 9.39. The van der Waals surface area contributed by atoms with E-state index >= 15 is 0 Å². The van der Waals surface area contributed by atoms with E-state index in [4.69, 9.17) is 0 Å². The topological polar surface area (TPSA) is 66.5 Å². The molecule has 172 valence electrons. The Balaban J connectivity index is 1.63. The van der Waals surface area contributed by atoms with Crippen molar-refractivity contribution >= 4 is 45.5 Å². The number of carbonyl (C=O) groups is 3. The minimum Gasteiger partial charge on any atom is -0.273 e. The quantitative estimate of drug-likeness (QED) is 0.344. The van der Waals surface area contributed by atoms with Crippen molar-refractivity contribution in [2.45, 2.75) is 34.1 Å². The number of nitrogens with one attached hydrogen (secondary N) is 1.